The van der Waals surface area contributed by atoms with Gasteiger partial charge in [-0.3, -0.25) is 4.79 Å². The number of rotatable bonds is 11. The van der Waals surface area contributed by atoms with Crippen molar-refractivity contribution in [2.75, 3.05) is 27.4 Å². The SMILES string of the molecule is COc1ccc(COc2cc3c(c(OCc4ccc(OC)cc4)c2)[C@@H]2C=C[C@H](NC(=O)OCC4c5ccccc5-c5ccccc54)C(=O)N2CC3)cc1. The van der Waals surface area contributed by atoms with Gasteiger partial charge in [0.05, 0.1) is 20.3 Å². The number of carbonyl (C=O) groups is 2. The standard InChI is InChI=1S/C44H40N2O7/c1-49-31-15-11-28(12-16-31)25-51-33-23-30-21-22-46-40(42(30)41(24-33)52-26-29-13-17-32(50-2)18-14-29)20-19-39(43(46)47)45-44(48)53-27-38-36-9-5-3-7-34(36)35-8-4-6-10-37(35)38/h3-20,23-24,38-40H,21-22,25-27H2,1-2H3,(H,45,48)/t39-,40-/m0/s1. The number of methoxy groups -OCH3 is 2. The van der Waals surface area contributed by atoms with Crippen molar-refractivity contribution in [1.29, 1.82) is 0 Å². The predicted molar refractivity (Wildman–Crippen MR) is 200 cm³/mol. The van der Waals surface area contributed by atoms with E-state index in [1.165, 1.54) is 0 Å². The summed E-state index contributed by atoms with van der Waals surface area (Å²) in [6.07, 6.45) is 3.68. The number of nitrogens with one attached hydrogen (secondary N) is 1. The van der Waals surface area contributed by atoms with Crippen LogP contribution in [0, 0.1) is 0 Å². The lowest BCUT2D eigenvalue weighted by molar-refractivity contribution is -0.134. The highest BCUT2D eigenvalue weighted by Crippen LogP contribution is 2.45. The van der Waals surface area contributed by atoms with Crippen LogP contribution in [-0.4, -0.2) is 50.3 Å². The van der Waals surface area contributed by atoms with Crippen LogP contribution >= 0.6 is 0 Å². The summed E-state index contributed by atoms with van der Waals surface area (Å²) in [6, 6.07) is 34.6. The number of amides is 2. The summed E-state index contributed by atoms with van der Waals surface area (Å²) in [5.41, 5.74) is 8.50. The Morgan fingerprint density at radius 3 is 1.96 bits per heavy atom. The van der Waals surface area contributed by atoms with Crippen molar-refractivity contribution in [3.8, 4) is 34.1 Å². The van der Waals surface area contributed by atoms with Gasteiger partial charge in [0.1, 0.15) is 48.9 Å². The number of benzene rings is 5. The number of alkyl carbamates (subject to hydrolysis) is 1. The fourth-order valence-corrected chi connectivity index (χ4v) is 7.51. The van der Waals surface area contributed by atoms with Crippen LogP contribution in [-0.2, 0) is 29.2 Å². The van der Waals surface area contributed by atoms with Gasteiger partial charge in [0.2, 0.25) is 5.91 Å². The molecule has 5 aromatic rings. The topological polar surface area (TPSA) is 95.6 Å². The quantitative estimate of drug-likeness (QED) is 0.140. The predicted octanol–water partition coefficient (Wildman–Crippen LogP) is 7.76. The Bertz CT molecular complexity index is 2120. The van der Waals surface area contributed by atoms with E-state index in [9.17, 15) is 9.59 Å². The molecule has 1 N–H and O–H groups in total. The maximum Gasteiger partial charge on any atom is 0.408 e. The Morgan fingerprint density at radius 2 is 1.34 bits per heavy atom. The van der Waals surface area contributed by atoms with E-state index in [0.717, 1.165) is 56.0 Å². The van der Waals surface area contributed by atoms with Crippen LogP contribution in [0.3, 0.4) is 0 Å². The second kappa shape index (κ2) is 14.8. The minimum Gasteiger partial charge on any atom is -0.497 e. The zero-order valence-corrected chi connectivity index (χ0v) is 29.6. The zero-order chi connectivity index (χ0) is 36.3. The van der Waals surface area contributed by atoms with Gasteiger partial charge in [0, 0.05) is 24.1 Å². The highest BCUT2D eigenvalue weighted by molar-refractivity contribution is 5.89. The summed E-state index contributed by atoms with van der Waals surface area (Å²) in [5.74, 6) is 2.60. The van der Waals surface area contributed by atoms with E-state index in [4.69, 9.17) is 23.7 Å². The molecule has 1 aliphatic carbocycles. The van der Waals surface area contributed by atoms with Gasteiger partial charge in [-0.2, -0.15) is 0 Å². The lowest BCUT2D eigenvalue weighted by atomic mass is 9.88. The van der Waals surface area contributed by atoms with E-state index in [2.05, 4.69) is 29.6 Å². The maximum atomic E-state index is 13.9. The number of hydrogen-bond acceptors (Lipinski definition) is 7. The van der Waals surface area contributed by atoms with Crippen molar-refractivity contribution in [3.63, 3.8) is 0 Å². The molecular formula is C44H40N2O7. The molecule has 268 valence electrons. The summed E-state index contributed by atoms with van der Waals surface area (Å²) < 4.78 is 29.1. The van der Waals surface area contributed by atoms with Crippen LogP contribution in [0.4, 0.5) is 4.79 Å². The lowest BCUT2D eigenvalue weighted by Crippen LogP contribution is -2.52. The first-order valence-corrected chi connectivity index (χ1v) is 17.8. The number of nitrogens with zero attached hydrogens (tertiary/aromatic N) is 1. The largest absolute Gasteiger partial charge is 0.497 e. The zero-order valence-electron chi connectivity index (χ0n) is 29.6. The number of hydrogen-bond donors (Lipinski definition) is 1. The second-order valence-corrected chi connectivity index (χ2v) is 13.3. The molecule has 9 heteroatoms. The fraction of sp³-hybridized carbons (Fsp3) is 0.227. The van der Waals surface area contributed by atoms with Crippen molar-refractivity contribution < 1.29 is 33.3 Å². The first-order valence-electron chi connectivity index (χ1n) is 17.8. The molecule has 0 radical (unpaired) electrons. The molecule has 0 unspecified atom stereocenters. The molecular weight excluding hydrogens is 668 g/mol. The molecule has 5 aromatic carbocycles. The van der Waals surface area contributed by atoms with Crippen molar-refractivity contribution in [1.82, 2.24) is 10.2 Å². The van der Waals surface area contributed by atoms with Crippen LogP contribution in [0.25, 0.3) is 11.1 Å². The van der Waals surface area contributed by atoms with Gasteiger partial charge < -0.3 is 33.9 Å². The molecule has 0 aromatic heterocycles. The van der Waals surface area contributed by atoms with Crippen LogP contribution < -0.4 is 24.3 Å². The summed E-state index contributed by atoms with van der Waals surface area (Å²) in [4.78, 5) is 28.9. The molecule has 0 bridgehead atoms. The van der Waals surface area contributed by atoms with Crippen LogP contribution in [0.5, 0.6) is 23.0 Å². The van der Waals surface area contributed by atoms with Crippen molar-refractivity contribution in [3.05, 3.63) is 155 Å². The molecule has 0 saturated heterocycles. The van der Waals surface area contributed by atoms with E-state index in [1.54, 1.807) is 25.2 Å². The van der Waals surface area contributed by atoms with Crippen molar-refractivity contribution in [2.24, 2.45) is 0 Å². The summed E-state index contributed by atoms with van der Waals surface area (Å²) in [7, 11) is 3.28. The van der Waals surface area contributed by atoms with Gasteiger partial charge in [-0.15, -0.1) is 0 Å². The van der Waals surface area contributed by atoms with Crippen molar-refractivity contribution in [2.45, 2.75) is 37.6 Å². The van der Waals surface area contributed by atoms with E-state index in [-0.39, 0.29) is 24.5 Å². The normalized spacial score (nSPS) is 16.9. The van der Waals surface area contributed by atoms with Crippen LogP contribution in [0.2, 0.25) is 0 Å². The molecule has 8 rings (SSSR count). The molecule has 53 heavy (non-hydrogen) atoms. The molecule has 0 fully saturated rings. The Balaban J connectivity index is 0.991. The average Bonchev–Trinajstić information content (AvgIpc) is 3.53. The van der Waals surface area contributed by atoms with E-state index >= 15 is 0 Å². The molecule has 0 saturated carbocycles. The van der Waals surface area contributed by atoms with Crippen LogP contribution in [0.1, 0.15) is 45.3 Å². The van der Waals surface area contributed by atoms with Gasteiger partial charge in [0.15, 0.2) is 0 Å². The smallest absolute Gasteiger partial charge is 0.408 e. The Morgan fingerprint density at radius 1 is 0.736 bits per heavy atom. The first-order chi connectivity index (χ1) is 26.0. The molecule has 3 aliphatic rings. The van der Waals surface area contributed by atoms with E-state index in [0.29, 0.717) is 37.7 Å². The van der Waals surface area contributed by atoms with Gasteiger partial charge in [-0.05, 0) is 75.7 Å². The third kappa shape index (κ3) is 6.90. The third-order valence-electron chi connectivity index (χ3n) is 10.2. The summed E-state index contributed by atoms with van der Waals surface area (Å²) in [5, 5.41) is 2.81. The van der Waals surface area contributed by atoms with E-state index < -0.39 is 12.1 Å². The molecule has 2 atom stereocenters. The molecule has 9 nitrogen and oxygen atoms in total. The fourth-order valence-electron chi connectivity index (χ4n) is 7.51. The van der Waals surface area contributed by atoms with Gasteiger partial charge >= 0.3 is 6.09 Å². The number of ether oxygens (including phenoxy) is 5. The first kappa shape index (κ1) is 33.9. The Labute approximate surface area is 308 Å². The maximum absolute atomic E-state index is 13.9. The molecule has 2 heterocycles. The second-order valence-electron chi connectivity index (χ2n) is 13.3. The summed E-state index contributed by atoms with van der Waals surface area (Å²) >= 11 is 0. The number of fused-ring (bicyclic) bond motifs is 6. The minimum atomic E-state index is -0.848. The molecule has 2 aliphatic heterocycles. The van der Waals surface area contributed by atoms with E-state index in [1.807, 2.05) is 91.0 Å². The Kier molecular flexibility index (Phi) is 9.46. The Hall–Kier alpha value is -6.22. The van der Waals surface area contributed by atoms with Crippen molar-refractivity contribution >= 4 is 12.0 Å². The minimum absolute atomic E-state index is 0.0739. The highest BCUT2D eigenvalue weighted by Gasteiger charge is 2.39. The average molecular weight is 709 g/mol. The van der Waals surface area contributed by atoms with Crippen LogP contribution in [0.15, 0.2) is 121 Å². The highest BCUT2D eigenvalue weighted by atomic mass is 16.5. The summed E-state index contributed by atoms with van der Waals surface area (Å²) in [6.45, 7) is 1.33. The van der Waals surface area contributed by atoms with Gasteiger partial charge in [0.25, 0.3) is 0 Å². The molecule has 0 spiro atoms. The third-order valence-corrected chi connectivity index (χ3v) is 10.2. The lowest BCUT2D eigenvalue weighted by Gasteiger charge is -2.40. The molecule has 2 amide bonds. The monoisotopic (exact) mass is 708 g/mol. The number of carbonyl (C=O) groups excluding carboxylic acids is 2. The van der Waals surface area contributed by atoms with Gasteiger partial charge in [-0.25, -0.2) is 4.79 Å². The van der Waals surface area contributed by atoms with Gasteiger partial charge in [-0.1, -0.05) is 84.9 Å².